The maximum absolute atomic E-state index is 12.4. The monoisotopic (exact) mass is 323 g/mol. The Bertz CT molecular complexity index is 500. The molecule has 2 heterocycles. The van der Waals surface area contributed by atoms with Gasteiger partial charge in [0.05, 0.1) is 14.9 Å². The fraction of sp³-hybridized carbons (Fsp3) is 0.500. The highest BCUT2D eigenvalue weighted by Gasteiger charge is 2.43. The van der Waals surface area contributed by atoms with Crippen molar-refractivity contribution in [1.82, 2.24) is 4.90 Å². The lowest BCUT2D eigenvalue weighted by molar-refractivity contribution is 0.0549. The van der Waals surface area contributed by atoms with Crippen molar-refractivity contribution in [3.63, 3.8) is 0 Å². The van der Waals surface area contributed by atoms with Crippen LogP contribution in [0.2, 0.25) is 0 Å². The first-order valence-corrected chi connectivity index (χ1v) is 7.68. The minimum atomic E-state index is -0.207. The number of hydrogen-bond donors (Lipinski definition) is 0. The molecule has 0 unspecified atom stereocenters. The van der Waals surface area contributed by atoms with E-state index in [0.717, 1.165) is 25.7 Å². The van der Waals surface area contributed by atoms with Crippen molar-refractivity contribution in [2.45, 2.75) is 38.1 Å². The van der Waals surface area contributed by atoms with Gasteiger partial charge in [-0.2, -0.15) is 0 Å². The molecular formula is C12H11BBrNO2S. The van der Waals surface area contributed by atoms with E-state index in [1.54, 1.807) is 0 Å². The third kappa shape index (κ3) is 1.69. The number of nitrogens with zero attached hydrogens (tertiary/aromatic N) is 1. The largest absolute Gasteiger partial charge is 0.271 e. The van der Waals surface area contributed by atoms with E-state index in [0.29, 0.717) is 19.7 Å². The van der Waals surface area contributed by atoms with Crippen LogP contribution in [0.15, 0.2) is 3.79 Å². The normalized spacial score (nSPS) is 20.6. The third-order valence-corrected chi connectivity index (χ3v) is 5.39. The van der Waals surface area contributed by atoms with Crippen LogP contribution >= 0.6 is 27.3 Å². The molecule has 1 aliphatic carbocycles. The number of halogens is 1. The van der Waals surface area contributed by atoms with Crippen LogP contribution in [0, 0.1) is 0 Å². The summed E-state index contributed by atoms with van der Waals surface area (Å²) in [6, 6.07) is 0.0578. The van der Waals surface area contributed by atoms with Crippen LogP contribution in [-0.2, 0) is 0 Å². The highest BCUT2D eigenvalue weighted by Crippen LogP contribution is 2.36. The molecule has 18 heavy (non-hydrogen) atoms. The van der Waals surface area contributed by atoms with Crippen LogP contribution in [0.5, 0.6) is 0 Å². The van der Waals surface area contributed by atoms with E-state index >= 15 is 0 Å². The number of carbonyl (C=O) groups is 2. The Morgan fingerprint density at radius 1 is 1.11 bits per heavy atom. The molecule has 1 fully saturated rings. The first kappa shape index (κ1) is 12.4. The van der Waals surface area contributed by atoms with E-state index in [1.807, 2.05) is 0 Å². The molecule has 3 nitrogen and oxygen atoms in total. The summed E-state index contributed by atoms with van der Waals surface area (Å²) < 4.78 is 1.11. The lowest BCUT2D eigenvalue weighted by Crippen LogP contribution is -2.41. The molecule has 0 bridgehead atoms. The van der Waals surface area contributed by atoms with Gasteiger partial charge in [0, 0.05) is 6.04 Å². The quantitative estimate of drug-likeness (QED) is 0.587. The van der Waals surface area contributed by atoms with Gasteiger partial charge >= 0.3 is 0 Å². The Balaban J connectivity index is 1.99. The zero-order valence-corrected chi connectivity index (χ0v) is 12.1. The topological polar surface area (TPSA) is 37.4 Å². The van der Waals surface area contributed by atoms with Crippen molar-refractivity contribution in [1.29, 1.82) is 0 Å². The molecule has 3 rings (SSSR count). The fourth-order valence-electron chi connectivity index (χ4n) is 2.83. The van der Waals surface area contributed by atoms with E-state index in [9.17, 15) is 9.59 Å². The van der Waals surface area contributed by atoms with Gasteiger partial charge in [-0.05, 0) is 33.5 Å². The smallest absolute Gasteiger partial charge is 0.263 e. The highest BCUT2D eigenvalue weighted by atomic mass is 79.9. The maximum atomic E-state index is 12.4. The van der Waals surface area contributed by atoms with Crippen LogP contribution < -0.4 is 4.78 Å². The lowest BCUT2D eigenvalue weighted by atomic mass is 9.94. The molecule has 1 aromatic rings. The Kier molecular flexibility index (Phi) is 3.10. The van der Waals surface area contributed by atoms with Crippen molar-refractivity contribution >= 4 is 51.7 Å². The zero-order chi connectivity index (χ0) is 12.9. The predicted molar refractivity (Wildman–Crippen MR) is 74.8 cm³/mol. The number of thiophene rings is 1. The molecule has 1 aliphatic heterocycles. The van der Waals surface area contributed by atoms with Gasteiger partial charge in [0.2, 0.25) is 0 Å². The van der Waals surface area contributed by atoms with E-state index in [1.165, 1.54) is 22.7 Å². The minimum Gasteiger partial charge on any atom is -0.271 e. The number of hydrogen-bond acceptors (Lipinski definition) is 3. The molecule has 0 atom stereocenters. The molecule has 0 aromatic carbocycles. The van der Waals surface area contributed by atoms with Crippen LogP contribution in [0.25, 0.3) is 0 Å². The van der Waals surface area contributed by atoms with Crippen molar-refractivity contribution in [3.8, 4) is 0 Å². The summed E-state index contributed by atoms with van der Waals surface area (Å²) in [5.74, 6) is -0.386. The molecule has 6 heteroatoms. The second-order valence-corrected chi connectivity index (χ2v) is 7.13. The Hall–Kier alpha value is -0.615. The molecule has 2 radical (unpaired) electrons. The van der Waals surface area contributed by atoms with Gasteiger partial charge in [-0.15, -0.1) is 11.3 Å². The molecule has 0 spiro atoms. The van der Waals surface area contributed by atoms with E-state index in [-0.39, 0.29) is 17.9 Å². The molecule has 1 saturated carbocycles. The van der Waals surface area contributed by atoms with Crippen molar-refractivity contribution in [2.75, 3.05) is 0 Å². The summed E-state index contributed by atoms with van der Waals surface area (Å²) in [7, 11) is 5.83. The maximum Gasteiger partial charge on any atom is 0.263 e. The molecule has 0 N–H and O–H groups in total. The molecule has 2 amide bonds. The summed E-state index contributed by atoms with van der Waals surface area (Å²) in [6.45, 7) is 0. The van der Waals surface area contributed by atoms with E-state index in [2.05, 4.69) is 15.9 Å². The van der Waals surface area contributed by atoms with Crippen molar-refractivity contribution in [2.24, 2.45) is 0 Å². The summed E-state index contributed by atoms with van der Waals surface area (Å²) in [5.41, 5.74) is 0.871. The van der Waals surface area contributed by atoms with Gasteiger partial charge in [-0.3, -0.25) is 14.5 Å². The van der Waals surface area contributed by atoms with Gasteiger partial charge in [0.25, 0.3) is 11.8 Å². The highest BCUT2D eigenvalue weighted by molar-refractivity contribution is 9.11. The van der Waals surface area contributed by atoms with Crippen molar-refractivity contribution < 1.29 is 9.59 Å². The van der Waals surface area contributed by atoms with Crippen LogP contribution in [0.4, 0.5) is 0 Å². The van der Waals surface area contributed by atoms with Gasteiger partial charge in [0.15, 0.2) is 0 Å². The SMILES string of the molecule is [B]c1sc(Br)c2c1C(=O)N(C1CCCCC1)C2=O. The number of imide groups is 1. The second kappa shape index (κ2) is 4.49. The van der Waals surface area contributed by atoms with Gasteiger partial charge in [-0.1, -0.05) is 19.3 Å². The average Bonchev–Trinajstić information content (AvgIpc) is 2.79. The number of fused-ring (bicyclic) bond motifs is 1. The summed E-state index contributed by atoms with van der Waals surface area (Å²) >= 11 is 4.58. The zero-order valence-electron chi connectivity index (χ0n) is 9.74. The Morgan fingerprint density at radius 2 is 1.72 bits per heavy atom. The van der Waals surface area contributed by atoms with Gasteiger partial charge in [0.1, 0.15) is 7.85 Å². The summed E-state index contributed by atoms with van der Waals surface area (Å²) in [4.78, 5) is 26.1. The van der Waals surface area contributed by atoms with Gasteiger partial charge in [-0.25, -0.2) is 0 Å². The number of amides is 2. The van der Waals surface area contributed by atoms with E-state index in [4.69, 9.17) is 7.85 Å². The molecule has 2 aliphatic rings. The fourth-order valence-corrected chi connectivity index (χ4v) is 4.49. The molecular weight excluding hydrogens is 313 g/mol. The average molecular weight is 324 g/mol. The third-order valence-electron chi connectivity index (χ3n) is 3.70. The predicted octanol–water partition coefficient (Wildman–Crippen LogP) is 2.23. The van der Waals surface area contributed by atoms with Crippen LogP contribution in [0.1, 0.15) is 52.8 Å². The molecule has 1 aromatic heterocycles. The summed E-state index contributed by atoms with van der Waals surface area (Å²) in [5, 5.41) is 0. The lowest BCUT2D eigenvalue weighted by Gasteiger charge is -2.29. The van der Waals surface area contributed by atoms with Gasteiger partial charge < -0.3 is 0 Å². The first-order valence-electron chi connectivity index (χ1n) is 6.07. The van der Waals surface area contributed by atoms with Crippen molar-refractivity contribution in [3.05, 3.63) is 14.9 Å². The Morgan fingerprint density at radius 3 is 2.33 bits per heavy atom. The Labute approximate surface area is 119 Å². The second-order valence-electron chi connectivity index (χ2n) is 4.76. The van der Waals surface area contributed by atoms with E-state index < -0.39 is 0 Å². The molecule has 0 saturated heterocycles. The standard InChI is InChI=1S/C12H11BBrNO2S/c13-9-7-8(10(14)18-9)12(17)15(11(7)16)6-4-2-1-3-5-6/h6H,1-5H2. The van der Waals surface area contributed by atoms with Crippen LogP contribution in [0.3, 0.4) is 0 Å². The number of carbonyl (C=O) groups excluding carboxylic acids is 2. The first-order chi connectivity index (χ1) is 8.61. The number of rotatable bonds is 1. The van der Waals surface area contributed by atoms with Crippen LogP contribution in [-0.4, -0.2) is 30.6 Å². The minimum absolute atomic E-state index is 0.0578. The summed E-state index contributed by atoms with van der Waals surface area (Å²) in [6.07, 6.45) is 5.21. The molecule has 92 valence electrons.